The molecule has 4 nitrogen and oxygen atoms in total. The van der Waals surface area contributed by atoms with Crippen LogP contribution in [0.2, 0.25) is 0 Å². The third-order valence-electron chi connectivity index (χ3n) is 3.02. The molecular formula is C17H17N3O. The van der Waals surface area contributed by atoms with Gasteiger partial charge < -0.3 is 10.6 Å². The Kier molecular flexibility index (Phi) is 4.94. The predicted molar refractivity (Wildman–Crippen MR) is 84.3 cm³/mol. The fourth-order valence-corrected chi connectivity index (χ4v) is 1.94. The molecule has 0 heterocycles. The topological polar surface area (TPSA) is 64.9 Å². The van der Waals surface area contributed by atoms with E-state index in [9.17, 15) is 4.79 Å². The lowest BCUT2D eigenvalue weighted by Gasteiger charge is -2.07. The quantitative estimate of drug-likeness (QED) is 0.881. The van der Waals surface area contributed by atoms with Crippen molar-refractivity contribution in [2.45, 2.75) is 13.3 Å². The molecule has 106 valence electrons. The van der Waals surface area contributed by atoms with Gasteiger partial charge in [0.25, 0.3) is 5.91 Å². The molecule has 0 spiro atoms. The summed E-state index contributed by atoms with van der Waals surface area (Å²) in [6.45, 7) is 2.87. The summed E-state index contributed by atoms with van der Waals surface area (Å²) >= 11 is 0. The van der Waals surface area contributed by atoms with Gasteiger partial charge in [0.1, 0.15) is 0 Å². The van der Waals surface area contributed by atoms with Crippen molar-refractivity contribution in [3.8, 4) is 6.07 Å². The number of hydrogen-bond acceptors (Lipinski definition) is 3. The van der Waals surface area contributed by atoms with Gasteiger partial charge in [-0.25, -0.2) is 0 Å². The molecule has 0 aromatic heterocycles. The van der Waals surface area contributed by atoms with Crippen LogP contribution in [0.5, 0.6) is 0 Å². The van der Waals surface area contributed by atoms with Crippen LogP contribution in [0.4, 0.5) is 11.4 Å². The van der Waals surface area contributed by atoms with E-state index in [0.29, 0.717) is 12.0 Å². The van der Waals surface area contributed by atoms with E-state index in [2.05, 4.69) is 16.7 Å². The van der Waals surface area contributed by atoms with Crippen molar-refractivity contribution < 1.29 is 4.79 Å². The van der Waals surface area contributed by atoms with Crippen molar-refractivity contribution in [1.29, 1.82) is 5.26 Å². The molecular weight excluding hydrogens is 262 g/mol. The van der Waals surface area contributed by atoms with Crippen LogP contribution >= 0.6 is 0 Å². The maximum absolute atomic E-state index is 12.1. The third kappa shape index (κ3) is 4.08. The van der Waals surface area contributed by atoms with E-state index in [1.54, 1.807) is 24.3 Å². The van der Waals surface area contributed by atoms with E-state index in [4.69, 9.17) is 5.26 Å². The van der Waals surface area contributed by atoms with Crippen molar-refractivity contribution in [1.82, 2.24) is 0 Å². The van der Waals surface area contributed by atoms with Crippen LogP contribution in [0.25, 0.3) is 0 Å². The zero-order chi connectivity index (χ0) is 15.1. The molecule has 2 N–H and O–H groups in total. The van der Waals surface area contributed by atoms with E-state index < -0.39 is 0 Å². The zero-order valence-corrected chi connectivity index (χ0v) is 11.9. The number of nitrogens with one attached hydrogen (secondary N) is 2. The molecule has 2 aromatic rings. The molecule has 2 aromatic carbocycles. The first kappa shape index (κ1) is 14.6. The van der Waals surface area contributed by atoms with Gasteiger partial charge in [-0.2, -0.15) is 5.26 Å². The number of hydrogen-bond donors (Lipinski definition) is 2. The minimum absolute atomic E-state index is 0.147. The summed E-state index contributed by atoms with van der Waals surface area (Å²) in [6.07, 6.45) is 0.375. The lowest BCUT2D eigenvalue weighted by molar-refractivity contribution is 0.102. The summed E-state index contributed by atoms with van der Waals surface area (Å²) in [7, 11) is 0. The van der Waals surface area contributed by atoms with E-state index >= 15 is 0 Å². The number of anilines is 2. The average Bonchev–Trinajstić information content (AvgIpc) is 2.50. The Labute approximate surface area is 124 Å². The van der Waals surface area contributed by atoms with Gasteiger partial charge in [-0.15, -0.1) is 0 Å². The summed E-state index contributed by atoms with van der Waals surface area (Å²) in [6, 6.07) is 16.7. The van der Waals surface area contributed by atoms with Crippen molar-refractivity contribution in [2.24, 2.45) is 0 Å². The summed E-state index contributed by atoms with van der Waals surface area (Å²) in [4.78, 5) is 12.1. The Morgan fingerprint density at radius 1 is 1.05 bits per heavy atom. The van der Waals surface area contributed by atoms with E-state index in [-0.39, 0.29) is 5.91 Å². The highest BCUT2D eigenvalue weighted by molar-refractivity contribution is 6.04. The molecule has 0 saturated heterocycles. The molecule has 4 heteroatoms. The van der Waals surface area contributed by atoms with Crippen LogP contribution < -0.4 is 10.6 Å². The van der Waals surface area contributed by atoms with Crippen LogP contribution in [0.1, 0.15) is 22.8 Å². The molecule has 21 heavy (non-hydrogen) atoms. The largest absolute Gasteiger partial charge is 0.385 e. The van der Waals surface area contributed by atoms with Crippen LogP contribution in [0, 0.1) is 11.3 Å². The highest BCUT2D eigenvalue weighted by Crippen LogP contribution is 2.13. The van der Waals surface area contributed by atoms with Crippen molar-refractivity contribution in [3.63, 3.8) is 0 Å². The monoisotopic (exact) mass is 279 g/mol. The summed E-state index contributed by atoms with van der Waals surface area (Å²) in [5, 5.41) is 14.6. The van der Waals surface area contributed by atoms with Gasteiger partial charge in [-0.05, 0) is 48.9 Å². The van der Waals surface area contributed by atoms with E-state index in [1.807, 2.05) is 31.2 Å². The lowest BCUT2D eigenvalue weighted by atomic mass is 10.1. The van der Waals surface area contributed by atoms with Gasteiger partial charge in [0.2, 0.25) is 0 Å². The van der Waals surface area contributed by atoms with Crippen molar-refractivity contribution in [2.75, 3.05) is 17.2 Å². The molecule has 0 radical (unpaired) electrons. The van der Waals surface area contributed by atoms with Crippen molar-refractivity contribution in [3.05, 3.63) is 59.7 Å². The smallest absolute Gasteiger partial charge is 0.255 e. The van der Waals surface area contributed by atoms with Crippen LogP contribution in [-0.2, 0) is 6.42 Å². The predicted octanol–water partition coefficient (Wildman–Crippen LogP) is 3.44. The SMILES string of the molecule is CCNc1ccc(C(=O)Nc2ccc(CC#N)cc2)cc1. The molecule has 0 aliphatic carbocycles. The number of nitrogens with zero attached hydrogens (tertiary/aromatic N) is 1. The normalized spacial score (nSPS) is 9.71. The average molecular weight is 279 g/mol. The van der Waals surface area contributed by atoms with Crippen LogP contribution in [-0.4, -0.2) is 12.5 Å². The fourth-order valence-electron chi connectivity index (χ4n) is 1.94. The second-order valence-corrected chi connectivity index (χ2v) is 4.59. The highest BCUT2D eigenvalue weighted by Gasteiger charge is 2.05. The highest BCUT2D eigenvalue weighted by atomic mass is 16.1. The van der Waals surface area contributed by atoms with Crippen LogP contribution in [0.3, 0.4) is 0 Å². The summed E-state index contributed by atoms with van der Waals surface area (Å²) < 4.78 is 0. The first-order valence-corrected chi connectivity index (χ1v) is 6.84. The lowest BCUT2D eigenvalue weighted by Crippen LogP contribution is -2.11. The second kappa shape index (κ2) is 7.11. The van der Waals surface area contributed by atoms with Gasteiger partial charge in [-0.1, -0.05) is 12.1 Å². The van der Waals surface area contributed by atoms with Gasteiger partial charge in [0.15, 0.2) is 0 Å². The molecule has 0 bridgehead atoms. The first-order chi connectivity index (χ1) is 10.2. The third-order valence-corrected chi connectivity index (χ3v) is 3.02. The van der Waals surface area contributed by atoms with Gasteiger partial charge in [0.05, 0.1) is 12.5 Å². The Morgan fingerprint density at radius 3 is 2.24 bits per heavy atom. The number of benzene rings is 2. The van der Waals surface area contributed by atoms with Crippen molar-refractivity contribution >= 4 is 17.3 Å². The Bertz CT molecular complexity index is 639. The number of nitriles is 1. The minimum atomic E-state index is -0.147. The molecule has 0 unspecified atom stereocenters. The van der Waals surface area contributed by atoms with E-state index in [0.717, 1.165) is 23.5 Å². The van der Waals surface area contributed by atoms with Crippen LogP contribution in [0.15, 0.2) is 48.5 Å². The molecule has 0 aliphatic rings. The molecule has 2 rings (SSSR count). The number of amides is 1. The zero-order valence-electron chi connectivity index (χ0n) is 11.9. The summed E-state index contributed by atoms with van der Waals surface area (Å²) in [5.41, 5.74) is 3.26. The Hall–Kier alpha value is -2.80. The standard InChI is InChI=1S/C17H17N3O/c1-2-19-15-9-5-14(6-10-15)17(21)20-16-7-3-13(4-8-16)11-12-18/h3-10,19H,2,11H2,1H3,(H,20,21). The Balaban J connectivity index is 2.02. The maximum Gasteiger partial charge on any atom is 0.255 e. The molecule has 0 fully saturated rings. The fraction of sp³-hybridized carbons (Fsp3) is 0.176. The number of carbonyl (C=O) groups excluding carboxylic acids is 1. The first-order valence-electron chi connectivity index (χ1n) is 6.84. The van der Waals surface area contributed by atoms with E-state index in [1.165, 1.54) is 0 Å². The molecule has 0 atom stereocenters. The molecule has 1 amide bonds. The molecule has 0 saturated carbocycles. The van der Waals surface area contributed by atoms with Gasteiger partial charge in [0, 0.05) is 23.5 Å². The number of carbonyl (C=O) groups is 1. The maximum atomic E-state index is 12.1. The second-order valence-electron chi connectivity index (χ2n) is 4.59. The molecule has 0 aliphatic heterocycles. The summed E-state index contributed by atoms with van der Waals surface area (Å²) in [5.74, 6) is -0.147. The van der Waals surface area contributed by atoms with Gasteiger partial charge >= 0.3 is 0 Å². The van der Waals surface area contributed by atoms with Gasteiger partial charge in [-0.3, -0.25) is 4.79 Å². The number of rotatable bonds is 5. The Morgan fingerprint density at radius 2 is 1.67 bits per heavy atom. The minimum Gasteiger partial charge on any atom is -0.385 e.